The zero-order valence-corrected chi connectivity index (χ0v) is 15.3. The molecule has 1 aliphatic heterocycles. The number of carbonyl (C=O) groups excluding carboxylic acids is 1. The molecule has 1 N–H and O–H groups in total. The van der Waals surface area contributed by atoms with E-state index in [1.54, 1.807) is 12.1 Å². The molecule has 1 atom stereocenters. The van der Waals surface area contributed by atoms with E-state index in [1.807, 2.05) is 42.5 Å². The zero-order valence-electron chi connectivity index (χ0n) is 15.3. The third kappa shape index (κ3) is 4.55. The molecule has 1 aliphatic rings. The molecule has 1 unspecified atom stereocenters. The van der Waals surface area contributed by atoms with Crippen molar-refractivity contribution in [2.45, 2.75) is 18.9 Å². The molecule has 1 aromatic heterocycles. The van der Waals surface area contributed by atoms with E-state index in [0.29, 0.717) is 24.0 Å². The van der Waals surface area contributed by atoms with Gasteiger partial charge in [0.05, 0.1) is 6.10 Å². The summed E-state index contributed by atoms with van der Waals surface area (Å²) in [6.45, 7) is 1.27. The summed E-state index contributed by atoms with van der Waals surface area (Å²) in [5.74, 6) is 1.40. The summed E-state index contributed by atoms with van der Waals surface area (Å²) in [5.41, 5.74) is 1.68. The van der Waals surface area contributed by atoms with Crippen LogP contribution in [0.25, 0.3) is 22.8 Å². The fourth-order valence-corrected chi connectivity index (χ4v) is 2.97. The van der Waals surface area contributed by atoms with E-state index < -0.39 is 0 Å². The van der Waals surface area contributed by atoms with Crippen LogP contribution in [0.5, 0.6) is 5.75 Å². The normalized spacial score (nSPS) is 16.1. The maximum atomic E-state index is 11.9. The summed E-state index contributed by atoms with van der Waals surface area (Å²) in [4.78, 5) is 16.3. The Labute approximate surface area is 162 Å². The molecule has 7 heteroatoms. The predicted molar refractivity (Wildman–Crippen MR) is 103 cm³/mol. The number of amides is 1. The van der Waals surface area contributed by atoms with Gasteiger partial charge in [0.25, 0.3) is 11.8 Å². The molecule has 0 saturated carbocycles. The van der Waals surface area contributed by atoms with Gasteiger partial charge in [-0.15, -0.1) is 0 Å². The number of aromatic nitrogens is 2. The first-order valence-corrected chi connectivity index (χ1v) is 9.28. The summed E-state index contributed by atoms with van der Waals surface area (Å²) in [6.07, 6.45) is 2.17. The molecule has 2 heterocycles. The van der Waals surface area contributed by atoms with Crippen LogP contribution in [-0.4, -0.2) is 41.9 Å². The van der Waals surface area contributed by atoms with E-state index in [0.717, 1.165) is 30.6 Å². The van der Waals surface area contributed by atoms with Crippen molar-refractivity contribution >= 4 is 5.91 Å². The van der Waals surface area contributed by atoms with Crippen LogP contribution in [0.3, 0.4) is 0 Å². The smallest absolute Gasteiger partial charge is 0.258 e. The number of benzene rings is 2. The molecule has 0 radical (unpaired) electrons. The second-order valence-corrected chi connectivity index (χ2v) is 6.54. The SMILES string of the molecule is O=C(COc1ccc(-c2nc(-c3ccccc3)no2)cc1)NCC1CCCO1. The first-order chi connectivity index (χ1) is 13.8. The highest BCUT2D eigenvalue weighted by atomic mass is 16.5. The molecule has 0 bridgehead atoms. The second kappa shape index (κ2) is 8.67. The van der Waals surface area contributed by atoms with Gasteiger partial charge in [-0.1, -0.05) is 35.5 Å². The number of ether oxygens (including phenoxy) is 2. The van der Waals surface area contributed by atoms with Crippen LogP contribution in [0, 0.1) is 0 Å². The summed E-state index contributed by atoms with van der Waals surface area (Å²) >= 11 is 0. The lowest BCUT2D eigenvalue weighted by Gasteiger charge is -2.11. The van der Waals surface area contributed by atoms with Gasteiger partial charge in [-0.3, -0.25) is 4.79 Å². The molecule has 3 aromatic rings. The van der Waals surface area contributed by atoms with Crippen molar-refractivity contribution in [2.24, 2.45) is 0 Å². The Kier molecular flexibility index (Phi) is 5.63. The Morgan fingerprint density at radius 2 is 1.93 bits per heavy atom. The fourth-order valence-electron chi connectivity index (χ4n) is 2.97. The van der Waals surface area contributed by atoms with Gasteiger partial charge in [0, 0.05) is 24.3 Å². The van der Waals surface area contributed by atoms with E-state index in [-0.39, 0.29) is 18.6 Å². The van der Waals surface area contributed by atoms with Crippen molar-refractivity contribution in [3.63, 3.8) is 0 Å². The van der Waals surface area contributed by atoms with Gasteiger partial charge < -0.3 is 19.3 Å². The molecule has 1 amide bonds. The lowest BCUT2D eigenvalue weighted by Crippen LogP contribution is -2.35. The fraction of sp³-hybridized carbons (Fsp3) is 0.286. The van der Waals surface area contributed by atoms with Crippen molar-refractivity contribution in [3.8, 4) is 28.6 Å². The quantitative estimate of drug-likeness (QED) is 0.679. The van der Waals surface area contributed by atoms with Crippen LogP contribution in [-0.2, 0) is 9.53 Å². The third-order valence-corrected chi connectivity index (χ3v) is 4.48. The van der Waals surface area contributed by atoms with Crippen molar-refractivity contribution in [3.05, 3.63) is 54.6 Å². The summed E-state index contributed by atoms with van der Waals surface area (Å²) in [5, 5.41) is 6.85. The van der Waals surface area contributed by atoms with Gasteiger partial charge >= 0.3 is 0 Å². The van der Waals surface area contributed by atoms with Crippen LogP contribution in [0.15, 0.2) is 59.1 Å². The van der Waals surface area contributed by atoms with Crippen LogP contribution < -0.4 is 10.1 Å². The van der Waals surface area contributed by atoms with E-state index in [2.05, 4.69) is 15.5 Å². The zero-order chi connectivity index (χ0) is 19.2. The van der Waals surface area contributed by atoms with Crippen molar-refractivity contribution in [1.82, 2.24) is 15.5 Å². The molecule has 7 nitrogen and oxygen atoms in total. The maximum Gasteiger partial charge on any atom is 0.258 e. The highest BCUT2D eigenvalue weighted by molar-refractivity contribution is 5.77. The summed E-state index contributed by atoms with van der Waals surface area (Å²) in [7, 11) is 0. The first kappa shape index (κ1) is 18.2. The number of hydrogen-bond acceptors (Lipinski definition) is 6. The molecule has 144 valence electrons. The van der Waals surface area contributed by atoms with Gasteiger partial charge in [-0.2, -0.15) is 4.98 Å². The van der Waals surface area contributed by atoms with Crippen molar-refractivity contribution < 1.29 is 18.8 Å². The number of rotatable bonds is 7. The number of nitrogens with zero attached hydrogens (tertiary/aromatic N) is 2. The van der Waals surface area contributed by atoms with E-state index in [1.165, 1.54) is 0 Å². The molecular formula is C21H21N3O4. The molecule has 4 rings (SSSR count). The molecule has 28 heavy (non-hydrogen) atoms. The van der Waals surface area contributed by atoms with Crippen molar-refractivity contribution in [1.29, 1.82) is 0 Å². The van der Waals surface area contributed by atoms with Gasteiger partial charge in [-0.05, 0) is 37.1 Å². The van der Waals surface area contributed by atoms with E-state index >= 15 is 0 Å². The topological polar surface area (TPSA) is 86.5 Å². The largest absolute Gasteiger partial charge is 0.484 e. The van der Waals surface area contributed by atoms with E-state index in [9.17, 15) is 4.79 Å². The molecular weight excluding hydrogens is 358 g/mol. The minimum absolute atomic E-state index is 0.0369. The van der Waals surface area contributed by atoms with Crippen molar-refractivity contribution in [2.75, 3.05) is 19.8 Å². The van der Waals surface area contributed by atoms with Gasteiger partial charge in [0.2, 0.25) is 5.82 Å². The highest BCUT2D eigenvalue weighted by Gasteiger charge is 2.16. The molecule has 0 aliphatic carbocycles. The van der Waals surface area contributed by atoms with Gasteiger partial charge in [-0.25, -0.2) is 0 Å². The minimum Gasteiger partial charge on any atom is -0.484 e. The first-order valence-electron chi connectivity index (χ1n) is 9.28. The van der Waals surface area contributed by atoms with Gasteiger partial charge in [0.1, 0.15) is 5.75 Å². The Morgan fingerprint density at radius 3 is 2.68 bits per heavy atom. The number of carbonyl (C=O) groups is 1. The van der Waals surface area contributed by atoms with Crippen LogP contribution in [0.4, 0.5) is 0 Å². The molecule has 2 aromatic carbocycles. The Balaban J connectivity index is 1.30. The maximum absolute atomic E-state index is 11.9. The average molecular weight is 379 g/mol. The lowest BCUT2D eigenvalue weighted by atomic mass is 10.2. The monoisotopic (exact) mass is 379 g/mol. The Bertz CT molecular complexity index is 903. The Hall–Kier alpha value is -3.19. The molecule has 1 saturated heterocycles. The summed E-state index contributed by atoms with van der Waals surface area (Å²) < 4.78 is 16.4. The lowest BCUT2D eigenvalue weighted by molar-refractivity contribution is -0.123. The van der Waals surface area contributed by atoms with Crippen LogP contribution in [0.2, 0.25) is 0 Å². The van der Waals surface area contributed by atoms with E-state index in [4.69, 9.17) is 14.0 Å². The molecule has 1 fully saturated rings. The summed E-state index contributed by atoms with van der Waals surface area (Å²) in [6, 6.07) is 16.8. The second-order valence-electron chi connectivity index (χ2n) is 6.54. The average Bonchev–Trinajstić information content (AvgIpc) is 3.44. The molecule has 0 spiro atoms. The minimum atomic E-state index is -0.163. The Morgan fingerprint density at radius 1 is 1.11 bits per heavy atom. The van der Waals surface area contributed by atoms with Gasteiger partial charge in [0.15, 0.2) is 6.61 Å². The third-order valence-electron chi connectivity index (χ3n) is 4.48. The standard InChI is InChI=1S/C21H21N3O4/c25-19(22-13-18-7-4-12-26-18)14-27-17-10-8-16(9-11-17)21-23-20(24-28-21)15-5-2-1-3-6-15/h1-3,5-6,8-11,18H,4,7,12-14H2,(H,22,25). The predicted octanol–water partition coefficient (Wildman–Crippen LogP) is 3.08. The van der Waals surface area contributed by atoms with Crippen LogP contribution in [0.1, 0.15) is 12.8 Å². The van der Waals surface area contributed by atoms with Crippen LogP contribution >= 0.6 is 0 Å². The number of hydrogen-bond donors (Lipinski definition) is 1. The number of nitrogens with one attached hydrogen (secondary N) is 1. The highest BCUT2D eigenvalue weighted by Crippen LogP contribution is 2.24.